The predicted molar refractivity (Wildman–Crippen MR) is 157 cm³/mol. The quantitative estimate of drug-likeness (QED) is 0.165. The zero-order chi connectivity index (χ0) is 20.9. The molecule has 0 aliphatic carbocycles. The Kier molecular flexibility index (Phi) is 17.4. The molecule has 0 unspecified atom stereocenters. The van der Waals surface area contributed by atoms with Crippen molar-refractivity contribution in [3.05, 3.63) is 60.7 Å². The monoisotopic (exact) mass is 984 g/mol. The Morgan fingerprint density at radius 1 is 0.571 bits per heavy atom. The van der Waals surface area contributed by atoms with Crippen molar-refractivity contribution in [1.29, 1.82) is 0 Å². The first-order valence-corrected chi connectivity index (χ1v) is 45.4. The minimum atomic E-state index is -2.30. The molecular weight excluding hydrogens is 954 g/mol. The molecule has 0 amide bonds. The Hall–Kier alpha value is 3.13. The van der Waals surface area contributed by atoms with Crippen molar-refractivity contribution in [2.75, 3.05) is 0 Å². The molecule has 0 saturated carbocycles. The van der Waals surface area contributed by atoms with E-state index in [0.29, 0.717) is 0 Å². The van der Waals surface area contributed by atoms with Crippen molar-refractivity contribution in [3.8, 4) is 0 Å². The van der Waals surface area contributed by atoms with Crippen LogP contribution in [0.2, 0.25) is 8.26 Å². The second kappa shape index (κ2) is 16.7. The molecule has 0 atom stereocenters. The van der Waals surface area contributed by atoms with Crippen LogP contribution < -0.4 is 6.54 Å². The van der Waals surface area contributed by atoms with E-state index in [1.54, 1.807) is 14.8 Å². The molecule has 2 aromatic carbocycles. The van der Waals surface area contributed by atoms with E-state index in [-0.39, 0.29) is 0 Å². The van der Waals surface area contributed by atoms with Gasteiger partial charge in [-0.15, -0.1) is 0 Å². The average Bonchev–Trinajstić information content (AvgIpc) is 2.70. The Labute approximate surface area is 219 Å². The minimum absolute atomic E-state index is 1.38. The summed E-state index contributed by atoms with van der Waals surface area (Å²) in [7, 11) is 0. The summed E-state index contributed by atoms with van der Waals surface area (Å²) < 4.78 is 6.29. The normalized spacial score (nSPS) is 11.6. The zero-order valence-electron chi connectivity index (χ0n) is 16.9. The van der Waals surface area contributed by atoms with E-state index in [0.717, 1.165) is 0 Å². The van der Waals surface area contributed by atoms with E-state index < -0.39 is 23.8 Å². The van der Waals surface area contributed by atoms with E-state index in [1.165, 1.54) is 38.5 Å². The van der Waals surface area contributed by atoms with Gasteiger partial charge in [0, 0.05) is 0 Å². The van der Waals surface area contributed by atoms with Gasteiger partial charge in [-0.2, -0.15) is 0 Å². The molecule has 0 spiro atoms. The van der Waals surface area contributed by atoms with Crippen LogP contribution in [0.1, 0.15) is 52.4 Å². The van der Waals surface area contributed by atoms with Gasteiger partial charge in [0.1, 0.15) is 0 Å². The van der Waals surface area contributed by atoms with Gasteiger partial charge in [-0.25, -0.2) is 0 Å². The summed E-state index contributed by atoms with van der Waals surface area (Å²) in [4.78, 5) is 0. The van der Waals surface area contributed by atoms with Crippen LogP contribution in [0.4, 0.5) is 0 Å². The van der Waals surface area contributed by atoms with Gasteiger partial charge >= 0.3 is 224 Å². The molecule has 0 fully saturated rings. The van der Waals surface area contributed by atoms with Crippen molar-refractivity contribution in [1.82, 2.24) is 0 Å². The second-order valence-electron chi connectivity index (χ2n) is 7.08. The van der Waals surface area contributed by atoms with Crippen LogP contribution in [0.5, 0.6) is 0 Å². The third-order valence-electron chi connectivity index (χ3n) is 4.56. The Balaban J connectivity index is 0.000000284. The van der Waals surface area contributed by atoms with Gasteiger partial charge in [-0.05, 0) is 0 Å². The molecule has 0 nitrogen and oxygen atoms in total. The molecule has 6 heteroatoms. The summed E-state index contributed by atoms with van der Waals surface area (Å²) in [6.45, 7) is 4.60. The second-order valence-corrected chi connectivity index (χ2v) is 87.4. The van der Waals surface area contributed by atoms with Crippen LogP contribution in [-0.2, 0) is 23.8 Å². The summed E-state index contributed by atoms with van der Waals surface area (Å²) in [5, 5.41) is 0. The van der Waals surface area contributed by atoms with Crippen molar-refractivity contribution < 1.29 is 23.8 Å². The third kappa shape index (κ3) is 12.4. The molecule has 0 N–H and O–H groups in total. The van der Waals surface area contributed by atoms with Crippen LogP contribution in [0.25, 0.3) is 0 Å². The molecule has 0 aliphatic rings. The van der Waals surface area contributed by atoms with Crippen molar-refractivity contribution >= 4 is 78.7 Å². The van der Waals surface area contributed by atoms with Gasteiger partial charge < -0.3 is 0 Å². The third-order valence-corrected chi connectivity index (χ3v) is 42.6. The fourth-order valence-corrected chi connectivity index (χ4v) is 28.6. The van der Waals surface area contributed by atoms with Crippen molar-refractivity contribution in [2.45, 2.75) is 60.6 Å². The fourth-order valence-electron chi connectivity index (χ4n) is 2.85. The van der Waals surface area contributed by atoms with E-state index in [1.807, 2.05) is 0 Å². The summed E-state index contributed by atoms with van der Waals surface area (Å²) in [5.74, 6) is 0. The van der Waals surface area contributed by atoms with E-state index in [9.17, 15) is 0 Å². The molecule has 0 bridgehead atoms. The number of halogens is 4. The Morgan fingerprint density at radius 2 is 0.929 bits per heavy atom. The van der Waals surface area contributed by atoms with Gasteiger partial charge in [-0.1, -0.05) is 0 Å². The summed E-state index contributed by atoms with van der Waals surface area (Å²) in [5.41, 5.74) is 0. The van der Waals surface area contributed by atoms with Crippen LogP contribution in [0, 0.1) is 0 Å². The van der Waals surface area contributed by atoms with E-state index in [2.05, 4.69) is 147 Å². The van der Waals surface area contributed by atoms with Crippen LogP contribution in [0.3, 0.4) is 0 Å². The molecule has 28 heavy (non-hydrogen) atoms. The first kappa shape index (κ1) is 29.2. The summed E-state index contributed by atoms with van der Waals surface area (Å²) in [6.07, 6.45) is 8.68. The number of hydrogen-bond acceptors (Lipinski definition) is 0. The van der Waals surface area contributed by atoms with Gasteiger partial charge in [0.05, 0.1) is 0 Å². The van der Waals surface area contributed by atoms with Gasteiger partial charge in [-0.3, -0.25) is 0 Å². The van der Waals surface area contributed by atoms with Crippen LogP contribution >= 0.6 is 72.2 Å². The Morgan fingerprint density at radius 3 is 1.25 bits per heavy atom. The number of benzene rings is 2. The molecule has 2 aromatic rings. The standard InChI is InChI=1S/2C6H5.2C5H11.4HI.2Zr/c2*1-2-4-6-5-3-1;2*1-3-5-4-2;;;;;;/h2*1-5H;2*1,3-5H2,2H3;4*1H;;/q;;;;;;;;2*+2/p-4. The van der Waals surface area contributed by atoms with Crippen molar-refractivity contribution in [3.63, 3.8) is 0 Å². The molecule has 2 rings (SSSR count). The number of hydrogen-bond donors (Lipinski definition) is 0. The average molecular weight is 987 g/mol. The van der Waals surface area contributed by atoms with Crippen LogP contribution in [0.15, 0.2) is 60.7 Å². The maximum atomic E-state index is 2.85. The zero-order valence-corrected chi connectivity index (χ0v) is 30.5. The molecule has 156 valence electrons. The number of rotatable bonds is 10. The summed E-state index contributed by atoms with van der Waals surface area (Å²) >= 11 is 7.26. The maximum absolute atomic E-state index is 2.85. The first-order valence-electron chi connectivity index (χ1n) is 10.2. The topological polar surface area (TPSA) is 0 Å². The van der Waals surface area contributed by atoms with Crippen LogP contribution in [-0.4, -0.2) is 0 Å². The van der Waals surface area contributed by atoms with Gasteiger partial charge in [0.15, 0.2) is 0 Å². The molecule has 0 heterocycles. The molecule has 0 aliphatic heterocycles. The molecule has 0 saturated heterocycles. The van der Waals surface area contributed by atoms with E-state index in [4.69, 9.17) is 0 Å². The van der Waals surface area contributed by atoms with Crippen molar-refractivity contribution in [2.24, 2.45) is 0 Å². The number of unbranched alkanes of at least 4 members (excludes halogenated alkanes) is 4. The van der Waals surface area contributed by atoms with Gasteiger partial charge in [0.25, 0.3) is 0 Å². The molecule has 0 aromatic heterocycles. The first-order chi connectivity index (χ1) is 13.3. The van der Waals surface area contributed by atoms with Gasteiger partial charge in [0.2, 0.25) is 0 Å². The fraction of sp³-hybridized carbons (Fsp3) is 0.455. The molecular formula is C22H32I4Zr2. The predicted octanol–water partition coefficient (Wildman–Crippen LogP) is 9.55. The summed E-state index contributed by atoms with van der Waals surface area (Å²) in [6, 6.07) is 21.8. The molecule has 0 radical (unpaired) electrons. The van der Waals surface area contributed by atoms with E-state index >= 15 is 0 Å². The Bertz CT molecular complexity index is 580. The SMILES string of the molecule is CCCC[CH2][Zr]([I])([I])[CH2]CCCC.[I][Zr]([I])([c]1ccccc1)[c]1ccccc1.